The van der Waals surface area contributed by atoms with Crippen LogP contribution in [0.15, 0.2) is 0 Å². The molecule has 0 radical (unpaired) electrons. The van der Waals surface area contributed by atoms with E-state index in [4.69, 9.17) is 5.11 Å². The Hall–Kier alpha value is -1.37. The van der Waals surface area contributed by atoms with Crippen molar-refractivity contribution >= 4 is 0 Å². The average molecular weight is 256 g/mol. The normalized spacial score (nSPS) is 12.6. The summed E-state index contributed by atoms with van der Waals surface area (Å²) in [5.41, 5.74) is 0. The molecule has 1 atom stereocenters. The second-order valence-corrected chi connectivity index (χ2v) is 3.50. The average Bonchev–Trinajstić information content (AvgIpc) is 2.33. The zero-order valence-electron chi connectivity index (χ0n) is 8.74. The Morgan fingerprint density at radius 1 is 0.941 bits per heavy atom. The third-order valence-corrected chi connectivity index (χ3v) is 1.99. The van der Waals surface area contributed by atoms with Crippen LogP contribution < -0.4 is 4.74 Å². The third-order valence-electron chi connectivity index (χ3n) is 1.99. The van der Waals surface area contributed by atoms with Crippen molar-refractivity contribution in [1.82, 2.24) is 0 Å². The Labute approximate surface area is 93.6 Å². The summed E-state index contributed by atoms with van der Waals surface area (Å²) in [6, 6.07) is 0. The van der Waals surface area contributed by atoms with Gasteiger partial charge in [0.1, 0.15) is 0 Å². The van der Waals surface area contributed by atoms with Gasteiger partial charge in [-0.25, -0.2) is 13.2 Å². The van der Waals surface area contributed by atoms with Crippen LogP contribution in [0, 0.1) is 35.0 Å². The summed E-state index contributed by atoms with van der Waals surface area (Å²) >= 11 is 0. The lowest BCUT2D eigenvalue weighted by molar-refractivity contribution is 0.163. The van der Waals surface area contributed by atoms with Gasteiger partial charge in [0.2, 0.25) is 29.1 Å². The first-order valence-electron chi connectivity index (χ1n) is 4.65. The monoisotopic (exact) mass is 256 g/mol. The van der Waals surface area contributed by atoms with Gasteiger partial charge in [-0.1, -0.05) is 6.92 Å². The van der Waals surface area contributed by atoms with Gasteiger partial charge in [-0.3, -0.25) is 0 Å². The van der Waals surface area contributed by atoms with E-state index in [1.807, 2.05) is 0 Å². The predicted octanol–water partition coefficient (Wildman–Crippen LogP) is 2.39. The van der Waals surface area contributed by atoms with Crippen LogP contribution in [0.1, 0.15) is 6.92 Å². The first-order chi connectivity index (χ1) is 7.90. The van der Waals surface area contributed by atoms with Gasteiger partial charge >= 0.3 is 0 Å². The predicted molar refractivity (Wildman–Crippen MR) is 48.0 cm³/mol. The molecule has 1 rings (SSSR count). The van der Waals surface area contributed by atoms with E-state index in [9.17, 15) is 22.0 Å². The van der Waals surface area contributed by atoms with Crippen LogP contribution in [0.4, 0.5) is 22.0 Å². The topological polar surface area (TPSA) is 29.5 Å². The standard InChI is InChI=1S/C10H9F5O2/c1-4(2-16)3-17-10-8(14)6(12)5(11)7(13)9(10)15/h4,16H,2-3H2,1H3. The highest BCUT2D eigenvalue weighted by atomic mass is 19.2. The lowest BCUT2D eigenvalue weighted by Crippen LogP contribution is -2.15. The molecule has 1 aromatic carbocycles. The molecule has 17 heavy (non-hydrogen) atoms. The fourth-order valence-electron chi connectivity index (χ4n) is 0.990. The van der Waals surface area contributed by atoms with E-state index in [1.165, 1.54) is 6.92 Å². The second kappa shape index (κ2) is 5.31. The zero-order chi connectivity index (χ0) is 13.2. The first-order valence-corrected chi connectivity index (χ1v) is 4.65. The number of halogens is 5. The maximum Gasteiger partial charge on any atom is 0.206 e. The number of rotatable bonds is 4. The maximum atomic E-state index is 13.0. The van der Waals surface area contributed by atoms with Crippen molar-refractivity contribution in [3.8, 4) is 5.75 Å². The van der Waals surface area contributed by atoms with E-state index in [-0.39, 0.29) is 13.2 Å². The quantitative estimate of drug-likeness (QED) is 0.509. The minimum atomic E-state index is -2.23. The molecule has 0 fully saturated rings. The first kappa shape index (κ1) is 13.7. The molecule has 0 spiro atoms. The van der Waals surface area contributed by atoms with Crippen molar-refractivity contribution in [1.29, 1.82) is 0 Å². The highest BCUT2D eigenvalue weighted by Gasteiger charge is 2.27. The number of hydrogen-bond acceptors (Lipinski definition) is 2. The minimum Gasteiger partial charge on any atom is -0.487 e. The fourth-order valence-corrected chi connectivity index (χ4v) is 0.990. The molecule has 96 valence electrons. The summed E-state index contributed by atoms with van der Waals surface area (Å²) in [6.45, 7) is 0.774. The SMILES string of the molecule is CC(CO)COc1c(F)c(F)c(F)c(F)c1F. The number of hydrogen-bond donors (Lipinski definition) is 1. The molecule has 1 aromatic rings. The van der Waals surface area contributed by atoms with Crippen LogP contribution in [-0.2, 0) is 0 Å². The number of ether oxygens (including phenoxy) is 1. The molecule has 1 unspecified atom stereocenters. The maximum absolute atomic E-state index is 13.0. The molecule has 1 N–H and O–H groups in total. The molecule has 0 aliphatic rings. The number of benzene rings is 1. The fraction of sp³-hybridized carbons (Fsp3) is 0.400. The molecular weight excluding hydrogens is 247 g/mol. The largest absolute Gasteiger partial charge is 0.487 e. The van der Waals surface area contributed by atoms with Crippen LogP contribution in [-0.4, -0.2) is 18.3 Å². The summed E-state index contributed by atoms with van der Waals surface area (Å²) in [5.74, 6) is -12.2. The van der Waals surface area contributed by atoms with E-state index in [0.29, 0.717) is 0 Å². The highest BCUT2D eigenvalue weighted by molar-refractivity contribution is 5.29. The van der Waals surface area contributed by atoms with Crippen LogP contribution in [0.5, 0.6) is 5.75 Å². The molecule has 0 aliphatic carbocycles. The molecule has 0 saturated heterocycles. The Bertz CT molecular complexity index is 393. The van der Waals surface area contributed by atoms with Crippen molar-refractivity contribution in [2.24, 2.45) is 5.92 Å². The molecule has 0 heterocycles. The van der Waals surface area contributed by atoms with Crippen LogP contribution in [0.25, 0.3) is 0 Å². The molecule has 0 amide bonds. The van der Waals surface area contributed by atoms with E-state index >= 15 is 0 Å². The van der Waals surface area contributed by atoms with Gasteiger partial charge in [-0.2, -0.15) is 8.78 Å². The number of aliphatic hydroxyl groups excluding tert-OH is 1. The van der Waals surface area contributed by atoms with Gasteiger partial charge in [-0.15, -0.1) is 0 Å². The Kier molecular flexibility index (Phi) is 4.28. The molecule has 0 aromatic heterocycles. The summed E-state index contributed by atoms with van der Waals surface area (Å²) in [6.07, 6.45) is 0. The van der Waals surface area contributed by atoms with Gasteiger partial charge in [0.25, 0.3) is 0 Å². The van der Waals surface area contributed by atoms with Crippen molar-refractivity contribution in [2.45, 2.75) is 6.92 Å². The van der Waals surface area contributed by atoms with Crippen molar-refractivity contribution in [3.63, 3.8) is 0 Å². The smallest absolute Gasteiger partial charge is 0.206 e. The summed E-state index contributed by atoms with van der Waals surface area (Å²) < 4.78 is 68.7. The zero-order valence-corrected chi connectivity index (χ0v) is 8.74. The van der Waals surface area contributed by atoms with E-state index in [0.717, 1.165) is 0 Å². The Balaban J connectivity index is 3.07. The molecule has 0 aliphatic heterocycles. The summed E-state index contributed by atoms with van der Waals surface area (Å²) in [4.78, 5) is 0. The van der Waals surface area contributed by atoms with Crippen molar-refractivity contribution in [2.75, 3.05) is 13.2 Å². The van der Waals surface area contributed by atoms with E-state index in [1.54, 1.807) is 0 Å². The lowest BCUT2D eigenvalue weighted by Gasteiger charge is -2.12. The molecule has 0 bridgehead atoms. The lowest BCUT2D eigenvalue weighted by atomic mass is 10.2. The highest BCUT2D eigenvalue weighted by Crippen LogP contribution is 2.29. The summed E-state index contributed by atoms with van der Waals surface area (Å²) in [5, 5.41) is 8.63. The van der Waals surface area contributed by atoms with Crippen LogP contribution in [0.2, 0.25) is 0 Å². The van der Waals surface area contributed by atoms with Gasteiger partial charge < -0.3 is 9.84 Å². The van der Waals surface area contributed by atoms with Crippen molar-refractivity contribution < 1.29 is 31.8 Å². The Morgan fingerprint density at radius 2 is 1.35 bits per heavy atom. The molecule has 7 heteroatoms. The van der Waals surface area contributed by atoms with Crippen molar-refractivity contribution in [3.05, 3.63) is 29.1 Å². The molecule has 0 saturated carbocycles. The van der Waals surface area contributed by atoms with Gasteiger partial charge in [0.05, 0.1) is 6.61 Å². The van der Waals surface area contributed by atoms with E-state index in [2.05, 4.69) is 4.74 Å². The van der Waals surface area contributed by atoms with Crippen LogP contribution >= 0.6 is 0 Å². The van der Waals surface area contributed by atoms with Gasteiger partial charge in [0, 0.05) is 12.5 Å². The minimum absolute atomic E-state index is 0.338. The van der Waals surface area contributed by atoms with E-state index < -0.39 is 40.8 Å². The van der Waals surface area contributed by atoms with Crippen LogP contribution in [0.3, 0.4) is 0 Å². The Morgan fingerprint density at radius 3 is 1.76 bits per heavy atom. The molecule has 2 nitrogen and oxygen atoms in total. The third kappa shape index (κ3) is 2.66. The number of aliphatic hydroxyl groups is 1. The van der Waals surface area contributed by atoms with Gasteiger partial charge in [-0.05, 0) is 0 Å². The second-order valence-electron chi connectivity index (χ2n) is 3.50. The van der Waals surface area contributed by atoms with Gasteiger partial charge in [0.15, 0.2) is 5.75 Å². The summed E-state index contributed by atoms with van der Waals surface area (Å²) in [7, 11) is 0. The molecular formula is C10H9F5O2.